The van der Waals surface area contributed by atoms with Crippen LogP contribution in [0.5, 0.6) is 0 Å². The highest BCUT2D eigenvalue weighted by molar-refractivity contribution is 9.10. The molecule has 78 valence electrons. The Morgan fingerprint density at radius 1 is 1.47 bits per heavy atom. The lowest BCUT2D eigenvalue weighted by atomic mass is 10.2. The third kappa shape index (κ3) is 2.02. The summed E-state index contributed by atoms with van der Waals surface area (Å²) in [5, 5.41) is 3.83. The second-order valence-corrected chi connectivity index (χ2v) is 3.96. The number of hydrogen-bond donors (Lipinski definition) is 1. The monoisotopic (exact) mass is 267 g/mol. The number of nitrogen functional groups attached to an aromatic ring is 1. The fourth-order valence-electron chi connectivity index (χ4n) is 1.21. The molecule has 0 aliphatic carbocycles. The molecule has 1 aromatic carbocycles. The van der Waals surface area contributed by atoms with Crippen LogP contribution in [0.2, 0.25) is 0 Å². The van der Waals surface area contributed by atoms with Crippen molar-refractivity contribution in [2.24, 2.45) is 0 Å². The SMILES string of the molecule is CCc1noc(-c2cc(N)ccc2Br)n1. The highest BCUT2D eigenvalue weighted by Crippen LogP contribution is 2.28. The Labute approximate surface area is 95.6 Å². The van der Waals surface area contributed by atoms with Crippen molar-refractivity contribution >= 4 is 21.6 Å². The van der Waals surface area contributed by atoms with Gasteiger partial charge in [-0.1, -0.05) is 12.1 Å². The maximum Gasteiger partial charge on any atom is 0.259 e. The maximum atomic E-state index is 5.69. The first-order valence-corrected chi connectivity index (χ1v) is 5.38. The van der Waals surface area contributed by atoms with Gasteiger partial charge in [-0.05, 0) is 34.1 Å². The molecule has 0 saturated carbocycles. The van der Waals surface area contributed by atoms with E-state index in [0.29, 0.717) is 17.4 Å². The summed E-state index contributed by atoms with van der Waals surface area (Å²) in [5.74, 6) is 1.19. The summed E-state index contributed by atoms with van der Waals surface area (Å²) in [6.45, 7) is 1.98. The molecule has 15 heavy (non-hydrogen) atoms. The number of aryl methyl sites for hydroxylation is 1. The number of benzene rings is 1. The van der Waals surface area contributed by atoms with E-state index in [9.17, 15) is 0 Å². The van der Waals surface area contributed by atoms with Crippen molar-refractivity contribution in [1.29, 1.82) is 0 Å². The summed E-state index contributed by atoms with van der Waals surface area (Å²) in [7, 11) is 0. The Bertz CT molecular complexity index is 481. The first-order chi connectivity index (χ1) is 7.20. The smallest absolute Gasteiger partial charge is 0.259 e. The Morgan fingerprint density at radius 2 is 2.27 bits per heavy atom. The van der Waals surface area contributed by atoms with Crippen LogP contribution in [0.3, 0.4) is 0 Å². The molecule has 0 atom stereocenters. The summed E-state index contributed by atoms with van der Waals surface area (Å²) >= 11 is 3.41. The number of anilines is 1. The van der Waals surface area contributed by atoms with Crippen LogP contribution < -0.4 is 5.73 Å². The number of hydrogen-bond acceptors (Lipinski definition) is 4. The van der Waals surface area contributed by atoms with E-state index in [0.717, 1.165) is 16.5 Å². The van der Waals surface area contributed by atoms with E-state index in [4.69, 9.17) is 10.3 Å². The molecular formula is C10H10BrN3O. The zero-order valence-electron chi connectivity index (χ0n) is 8.20. The molecule has 0 saturated heterocycles. The lowest BCUT2D eigenvalue weighted by molar-refractivity contribution is 0.423. The minimum absolute atomic E-state index is 0.492. The summed E-state index contributed by atoms with van der Waals surface area (Å²) < 4.78 is 6.02. The Kier molecular flexibility index (Phi) is 2.73. The van der Waals surface area contributed by atoms with Crippen molar-refractivity contribution in [1.82, 2.24) is 10.1 Å². The molecule has 0 amide bonds. The third-order valence-corrected chi connectivity index (χ3v) is 2.70. The lowest BCUT2D eigenvalue weighted by Gasteiger charge is -1.99. The second-order valence-electron chi connectivity index (χ2n) is 3.11. The molecule has 2 N–H and O–H groups in total. The van der Waals surface area contributed by atoms with E-state index in [2.05, 4.69) is 26.1 Å². The van der Waals surface area contributed by atoms with E-state index in [1.54, 1.807) is 6.07 Å². The van der Waals surface area contributed by atoms with Crippen molar-refractivity contribution in [3.05, 3.63) is 28.5 Å². The summed E-state index contributed by atoms with van der Waals surface area (Å²) in [4.78, 5) is 4.24. The molecule has 5 heteroatoms. The van der Waals surface area contributed by atoms with Crippen LogP contribution in [0.1, 0.15) is 12.7 Å². The van der Waals surface area contributed by atoms with E-state index >= 15 is 0 Å². The molecule has 0 radical (unpaired) electrons. The molecule has 1 aromatic heterocycles. The molecule has 0 bridgehead atoms. The molecule has 2 aromatic rings. The second kappa shape index (κ2) is 4.02. The van der Waals surface area contributed by atoms with Gasteiger partial charge >= 0.3 is 0 Å². The van der Waals surface area contributed by atoms with Gasteiger partial charge in [0.15, 0.2) is 5.82 Å². The molecule has 0 fully saturated rings. The van der Waals surface area contributed by atoms with Gasteiger partial charge in [-0.25, -0.2) is 0 Å². The minimum atomic E-state index is 0.492. The van der Waals surface area contributed by atoms with Gasteiger partial charge in [0, 0.05) is 16.6 Å². The molecule has 0 aliphatic heterocycles. The average Bonchev–Trinajstić information content (AvgIpc) is 2.70. The highest BCUT2D eigenvalue weighted by atomic mass is 79.9. The standard InChI is InChI=1S/C10H10BrN3O/c1-2-9-13-10(15-14-9)7-5-6(12)3-4-8(7)11/h3-5H,2,12H2,1H3. The van der Waals surface area contributed by atoms with Crippen molar-refractivity contribution in [2.75, 3.05) is 5.73 Å². The van der Waals surface area contributed by atoms with Gasteiger partial charge in [-0.2, -0.15) is 4.98 Å². The summed E-state index contributed by atoms with van der Waals surface area (Å²) in [6.07, 6.45) is 0.753. The van der Waals surface area contributed by atoms with Crippen molar-refractivity contribution in [2.45, 2.75) is 13.3 Å². The number of halogens is 1. The van der Waals surface area contributed by atoms with Gasteiger partial charge in [0.2, 0.25) is 0 Å². The first-order valence-electron chi connectivity index (χ1n) is 4.58. The van der Waals surface area contributed by atoms with Crippen LogP contribution in [0.15, 0.2) is 27.2 Å². The van der Waals surface area contributed by atoms with Crippen LogP contribution in [-0.4, -0.2) is 10.1 Å². The van der Waals surface area contributed by atoms with Crippen LogP contribution >= 0.6 is 15.9 Å². The number of nitrogens with two attached hydrogens (primary N) is 1. The van der Waals surface area contributed by atoms with Gasteiger partial charge in [0.25, 0.3) is 5.89 Å². The zero-order chi connectivity index (χ0) is 10.8. The topological polar surface area (TPSA) is 64.9 Å². The summed E-state index contributed by atoms with van der Waals surface area (Å²) in [6, 6.07) is 5.47. The molecule has 0 unspecified atom stereocenters. The van der Waals surface area contributed by atoms with Crippen LogP contribution in [0, 0.1) is 0 Å². The van der Waals surface area contributed by atoms with Gasteiger partial charge in [0.1, 0.15) is 0 Å². The fraction of sp³-hybridized carbons (Fsp3) is 0.200. The van der Waals surface area contributed by atoms with Crippen LogP contribution in [0.4, 0.5) is 5.69 Å². The van der Waals surface area contributed by atoms with Crippen molar-refractivity contribution in [3.63, 3.8) is 0 Å². The molecule has 4 nitrogen and oxygen atoms in total. The highest BCUT2D eigenvalue weighted by Gasteiger charge is 2.11. The van der Waals surface area contributed by atoms with Crippen molar-refractivity contribution < 1.29 is 4.52 Å². The molecule has 2 rings (SSSR count). The largest absolute Gasteiger partial charge is 0.399 e. The van der Waals surface area contributed by atoms with Gasteiger partial charge in [0.05, 0.1) is 5.56 Å². The number of rotatable bonds is 2. The normalized spacial score (nSPS) is 10.5. The first kappa shape index (κ1) is 10.2. The van der Waals surface area contributed by atoms with Crippen LogP contribution in [-0.2, 0) is 6.42 Å². The Balaban J connectivity index is 2.48. The molecule has 0 spiro atoms. The van der Waals surface area contributed by atoms with Gasteiger partial charge in [-0.15, -0.1) is 0 Å². The Morgan fingerprint density at radius 3 is 2.93 bits per heavy atom. The van der Waals surface area contributed by atoms with E-state index in [1.807, 2.05) is 19.1 Å². The van der Waals surface area contributed by atoms with E-state index < -0.39 is 0 Å². The van der Waals surface area contributed by atoms with Crippen molar-refractivity contribution in [3.8, 4) is 11.5 Å². The quantitative estimate of drug-likeness (QED) is 0.850. The van der Waals surface area contributed by atoms with Gasteiger partial charge in [-0.3, -0.25) is 0 Å². The molecule has 0 aliphatic rings. The number of nitrogens with zero attached hydrogens (tertiary/aromatic N) is 2. The van der Waals surface area contributed by atoms with Crippen LogP contribution in [0.25, 0.3) is 11.5 Å². The summed E-state index contributed by atoms with van der Waals surface area (Å²) in [5.41, 5.74) is 7.19. The predicted octanol–water partition coefficient (Wildman–Crippen LogP) is 2.64. The molecular weight excluding hydrogens is 258 g/mol. The third-order valence-electron chi connectivity index (χ3n) is 2.01. The molecule has 1 heterocycles. The van der Waals surface area contributed by atoms with Gasteiger partial charge < -0.3 is 10.3 Å². The zero-order valence-corrected chi connectivity index (χ0v) is 9.78. The Hall–Kier alpha value is -1.36. The predicted molar refractivity (Wildman–Crippen MR) is 61.2 cm³/mol. The lowest BCUT2D eigenvalue weighted by Crippen LogP contribution is -1.87. The number of aromatic nitrogens is 2. The van der Waals surface area contributed by atoms with E-state index in [1.165, 1.54) is 0 Å². The minimum Gasteiger partial charge on any atom is -0.399 e. The van der Waals surface area contributed by atoms with E-state index in [-0.39, 0.29) is 0 Å². The maximum absolute atomic E-state index is 5.69. The fourth-order valence-corrected chi connectivity index (χ4v) is 1.63. The average molecular weight is 268 g/mol.